The molecular formula is C8H12O. The zero-order valence-corrected chi connectivity index (χ0v) is 5.46. The van der Waals surface area contributed by atoms with Crippen molar-refractivity contribution in [2.24, 2.45) is 11.8 Å². The van der Waals surface area contributed by atoms with Crippen LogP contribution >= 0.6 is 0 Å². The lowest BCUT2D eigenvalue weighted by molar-refractivity contribution is 0.149. The van der Waals surface area contributed by atoms with E-state index in [1.165, 1.54) is 19.3 Å². The minimum absolute atomic E-state index is 0.122. The highest BCUT2D eigenvalue weighted by Crippen LogP contribution is 2.37. The number of aliphatic hydroxyl groups excluding tert-OH is 1. The van der Waals surface area contributed by atoms with Crippen molar-refractivity contribution >= 4 is 0 Å². The maximum absolute atomic E-state index is 9.31. The van der Waals surface area contributed by atoms with Crippen LogP contribution in [0, 0.1) is 11.8 Å². The zero-order valence-electron chi connectivity index (χ0n) is 5.46. The molecule has 50 valence electrons. The maximum atomic E-state index is 9.31. The number of hydrogen-bond acceptors (Lipinski definition) is 1. The molecule has 9 heavy (non-hydrogen) atoms. The molecule has 2 aliphatic carbocycles. The van der Waals surface area contributed by atoms with Gasteiger partial charge in [0.15, 0.2) is 0 Å². The van der Waals surface area contributed by atoms with E-state index in [9.17, 15) is 5.11 Å². The molecule has 0 amide bonds. The molecule has 0 aromatic heterocycles. The van der Waals surface area contributed by atoms with Gasteiger partial charge in [0.25, 0.3) is 0 Å². The van der Waals surface area contributed by atoms with E-state index < -0.39 is 0 Å². The third-order valence-electron chi connectivity index (χ3n) is 2.58. The first-order valence-corrected chi connectivity index (χ1v) is 3.72. The second kappa shape index (κ2) is 1.84. The number of fused-ring (bicyclic) bond motifs is 2. The van der Waals surface area contributed by atoms with Crippen LogP contribution in [0.15, 0.2) is 12.2 Å². The van der Waals surface area contributed by atoms with Crippen molar-refractivity contribution in [3.05, 3.63) is 12.2 Å². The van der Waals surface area contributed by atoms with Crippen molar-refractivity contribution in [1.82, 2.24) is 0 Å². The Morgan fingerprint density at radius 3 is 2.89 bits per heavy atom. The second-order valence-corrected chi connectivity index (χ2v) is 3.21. The van der Waals surface area contributed by atoms with E-state index in [4.69, 9.17) is 0 Å². The number of allylic oxidation sites excluding steroid dienone is 1. The fourth-order valence-corrected chi connectivity index (χ4v) is 1.97. The molecule has 1 saturated carbocycles. The Morgan fingerprint density at radius 2 is 2.11 bits per heavy atom. The molecule has 2 aliphatic rings. The van der Waals surface area contributed by atoms with Crippen LogP contribution in [-0.2, 0) is 0 Å². The van der Waals surface area contributed by atoms with Crippen LogP contribution in [0.5, 0.6) is 0 Å². The van der Waals surface area contributed by atoms with Crippen molar-refractivity contribution in [1.29, 1.82) is 0 Å². The summed E-state index contributed by atoms with van der Waals surface area (Å²) in [4.78, 5) is 0. The van der Waals surface area contributed by atoms with Crippen LogP contribution in [0.3, 0.4) is 0 Å². The number of aliphatic hydroxyl groups is 1. The summed E-state index contributed by atoms with van der Waals surface area (Å²) in [7, 11) is 0. The zero-order chi connectivity index (χ0) is 6.27. The Balaban J connectivity index is 2.19. The summed E-state index contributed by atoms with van der Waals surface area (Å²) in [5, 5.41) is 9.31. The molecule has 0 spiro atoms. The van der Waals surface area contributed by atoms with Crippen LogP contribution in [0.25, 0.3) is 0 Å². The van der Waals surface area contributed by atoms with E-state index in [-0.39, 0.29) is 6.10 Å². The van der Waals surface area contributed by atoms with Gasteiger partial charge in [0.2, 0.25) is 0 Å². The summed E-state index contributed by atoms with van der Waals surface area (Å²) in [6.45, 7) is 0. The normalized spacial score (nSPS) is 47.9. The third-order valence-corrected chi connectivity index (χ3v) is 2.58. The van der Waals surface area contributed by atoms with E-state index in [2.05, 4.69) is 6.08 Å². The maximum Gasteiger partial charge on any atom is 0.0749 e. The van der Waals surface area contributed by atoms with Gasteiger partial charge in [-0.25, -0.2) is 0 Å². The molecule has 0 aromatic carbocycles. The van der Waals surface area contributed by atoms with Gasteiger partial charge in [0.1, 0.15) is 0 Å². The highest BCUT2D eigenvalue weighted by molar-refractivity contribution is 5.05. The summed E-state index contributed by atoms with van der Waals surface area (Å²) in [6.07, 6.45) is 7.79. The molecule has 1 fully saturated rings. The van der Waals surface area contributed by atoms with E-state index in [0.29, 0.717) is 5.92 Å². The molecule has 0 aromatic rings. The number of hydrogen-bond donors (Lipinski definition) is 1. The lowest BCUT2D eigenvalue weighted by Gasteiger charge is -2.17. The summed E-state index contributed by atoms with van der Waals surface area (Å²) in [5.74, 6) is 1.40. The van der Waals surface area contributed by atoms with Crippen molar-refractivity contribution < 1.29 is 5.11 Å². The van der Waals surface area contributed by atoms with Crippen LogP contribution in [0.4, 0.5) is 0 Å². The van der Waals surface area contributed by atoms with Crippen LogP contribution in [-0.4, -0.2) is 11.2 Å². The van der Waals surface area contributed by atoms with Gasteiger partial charge >= 0.3 is 0 Å². The molecule has 1 nitrogen and oxygen atoms in total. The Labute approximate surface area is 55.4 Å². The first-order valence-electron chi connectivity index (χ1n) is 3.72. The van der Waals surface area contributed by atoms with E-state index in [1.54, 1.807) is 0 Å². The fourth-order valence-electron chi connectivity index (χ4n) is 1.97. The van der Waals surface area contributed by atoms with Gasteiger partial charge in [-0.1, -0.05) is 12.2 Å². The molecule has 3 atom stereocenters. The average molecular weight is 124 g/mol. The molecule has 2 bridgehead atoms. The predicted octanol–water partition coefficient (Wildman–Crippen LogP) is 1.33. The van der Waals surface area contributed by atoms with Gasteiger partial charge in [-0.2, -0.15) is 0 Å². The van der Waals surface area contributed by atoms with Gasteiger partial charge in [0.05, 0.1) is 6.10 Å². The SMILES string of the molecule is OC1C=CC2CCC1C2. The molecule has 2 rings (SSSR count). The first-order chi connectivity index (χ1) is 4.36. The van der Waals surface area contributed by atoms with Crippen molar-refractivity contribution in [2.45, 2.75) is 25.4 Å². The minimum atomic E-state index is -0.122. The van der Waals surface area contributed by atoms with Crippen LogP contribution in [0.1, 0.15) is 19.3 Å². The summed E-state index contributed by atoms with van der Waals surface area (Å²) in [6, 6.07) is 0. The molecule has 1 heteroatoms. The van der Waals surface area contributed by atoms with Crippen molar-refractivity contribution in [3.63, 3.8) is 0 Å². The predicted molar refractivity (Wildman–Crippen MR) is 36.0 cm³/mol. The van der Waals surface area contributed by atoms with Gasteiger partial charge < -0.3 is 5.11 Å². The largest absolute Gasteiger partial charge is 0.389 e. The van der Waals surface area contributed by atoms with Crippen LogP contribution in [0.2, 0.25) is 0 Å². The molecule has 3 unspecified atom stereocenters. The van der Waals surface area contributed by atoms with Crippen molar-refractivity contribution in [3.8, 4) is 0 Å². The summed E-state index contributed by atoms with van der Waals surface area (Å²) < 4.78 is 0. The third kappa shape index (κ3) is 0.799. The van der Waals surface area contributed by atoms with Gasteiger partial charge in [0, 0.05) is 0 Å². The average Bonchev–Trinajstić information content (AvgIpc) is 2.25. The molecule has 0 saturated heterocycles. The summed E-state index contributed by atoms with van der Waals surface area (Å²) >= 11 is 0. The van der Waals surface area contributed by atoms with Crippen molar-refractivity contribution in [2.75, 3.05) is 0 Å². The Morgan fingerprint density at radius 1 is 1.22 bits per heavy atom. The van der Waals surface area contributed by atoms with Gasteiger partial charge in [-0.05, 0) is 31.1 Å². The highest BCUT2D eigenvalue weighted by atomic mass is 16.3. The highest BCUT2D eigenvalue weighted by Gasteiger charge is 2.30. The van der Waals surface area contributed by atoms with E-state index >= 15 is 0 Å². The smallest absolute Gasteiger partial charge is 0.0749 e. The lowest BCUT2D eigenvalue weighted by Crippen LogP contribution is -2.17. The van der Waals surface area contributed by atoms with Gasteiger partial charge in [-0.3, -0.25) is 0 Å². The number of rotatable bonds is 0. The standard InChI is InChI=1S/C8H12O/c9-8-4-2-6-1-3-7(8)5-6/h2,4,6-9H,1,3,5H2. The molecule has 0 aliphatic heterocycles. The van der Waals surface area contributed by atoms with Crippen LogP contribution < -0.4 is 0 Å². The Hall–Kier alpha value is -0.300. The Kier molecular flexibility index (Phi) is 1.12. The fraction of sp³-hybridized carbons (Fsp3) is 0.750. The second-order valence-electron chi connectivity index (χ2n) is 3.21. The molecular weight excluding hydrogens is 112 g/mol. The lowest BCUT2D eigenvalue weighted by atomic mass is 9.93. The topological polar surface area (TPSA) is 20.2 Å². The monoisotopic (exact) mass is 124 g/mol. The molecule has 0 heterocycles. The summed E-state index contributed by atoms with van der Waals surface area (Å²) in [5.41, 5.74) is 0. The van der Waals surface area contributed by atoms with E-state index in [0.717, 1.165) is 5.92 Å². The molecule has 1 N–H and O–H groups in total. The Bertz CT molecular complexity index is 140. The van der Waals surface area contributed by atoms with Gasteiger partial charge in [-0.15, -0.1) is 0 Å². The minimum Gasteiger partial charge on any atom is -0.389 e. The van der Waals surface area contributed by atoms with E-state index in [1.807, 2.05) is 6.08 Å². The quantitative estimate of drug-likeness (QED) is 0.483. The molecule has 0 radical (unpaired) electrons. The first kappa shape index (κ1) is 5.48.